The van der Waals surface area contributed by atoms with Gasteiger partial charge in [0, 0.05) is 0 Å². The highest BCUT2D eigenvalue weighted by atomic mass is 19.4. The van der Waals surface area contributed by atoms with Gasteiger partial charge in [0.15, 0.2) is 0 Å². The fourth-order valence-corrected chi connectivity index (χ4v) is 2.20. The average Bonchev–Trinajstić information content (AvgIpc) is 2.58. The van der Waals surface area contributed by atoms with Crippen molar-refractivity contribution < 1.29 is 35.8 Å². The van der Waals surface area contributed by atoms with Gasteiger partial charge in [0.25, 0.3) is 0 Å². The summed E-state index contributed by atoms with van der Waals surface area (Å²) in [6.07, 6.45) is -9.09. The van der Waals surface area contributed by atoms with Crippen LogP contribution in [0.25, 0.3) is 0 Å². The molecule has 0 saturated heterocycles. The van der Waals surface area contributed by atoms with Crippen LogP contribution in [-0.4, -0.2) is 19.4 Å². The zero-order chi connectivity index (χ0) is 19.5. The molecule has 2 N–H and O–H groups in total. The maximum absolute atomic E-state index is 12.7. The van der Waals surface area contributed by atoms with Crippen LogP contribution in [0.5, 0.6) is 0 Å². The molecular weight excluding hydrogens is 363 g/mol. The second-order valence-electron chi connectivity index (χ2n) is 5.31. The van der Waals surface area contributed by atoms with E-state index in [0.717, 1.165) is 48.5 Å². The molecule has 26 heavy (non-hydrogen) atoms. The number of benzene rings is 2. The first-order valence-corrected chi connectivity index (χ1v) is 7.26. The number of hydrogen-bond acceptors (Lipinski definition) is 3. The van der Waals surface area contributed by atoms with E-state index in [0.29, 0.717) is 0 Å². The van der Waals surface area contributed by atoms with Gasteiger partial charge in [-0.2, -0.15) is 26.3 Å². The van der Waals surface area contributed by atoms with Crippen molar-refractivity contribution in [2.45, 2.75) is 12.4 Å². The predicted molar refractivity (Wildman–Crippen MR) is 83.1 cm³/mol. The van der Waals surface area contributed by atoms with Crippen LogP contribution in [0.1, 0.15) is 11.1 Å². The second-order valence-corrected chi connectivity index (χ2v) is 5.31. The number of rotatable bonds is 4. The maximum Gasteiger partial charge on any atom is 0.429 e. The summed E-state index contributed by atoms with van der Waals surface area (Å²) >= 11 is 0. The predicted octanol–water partition coefficient (Wildman–Crippen LogP) is 2.33. The van der Waals surface area contributed by atoms with Crippen molar-refractivity contribution in [3.8, 4) is 0 Å². The molecule has 0 bridgehead atoms. The van der Waals surface area contributed by atoms with Crippen LogP contribution in [0.15, 0.2) is 48.5 Å². The van der Waals surface area contributed by atoms with Crippen molar-refractivity contribution in [1.29, 1.82) is 0 Å². The summed E-state index contributed by atoms with van der Waals surface area (Å²) in [7, 11) is 0. The van der Waals surface area contributed by atoms with Gasteiger partial charge in [-0.1, -0.05) is 48.5 Å². The minimum absolute atomic E-state index is 0.166. The fraction of sp³-hybridized carbons (Fsp3) is 0.188. The third kappa shape index (κ3) is 4.78. The number of halogens is 6. The summed E-state index contributed by atoms with van der Waals surface area (Å²) in [6.45, 7) is -1.67. The Hall–Kier alpha value is -2.49. The van der Waals surface area contributed by atoms with Crippen LogP contribution >= 0.6 is 0 Å². The third-order valence-corrected chi connectivity index (χ3v) is 3.50. The van der Waals surface area contributed by atoms with E-state index in [-0.39, 0.29) is 10.9 Å². The van der Waals surface area contributed by atoms with Crippen LogP contribution in [0.3, 0.4) is 0 Å². The highest BCUT2D eigenvalue weighted by molar-refractivity contribution is 6.81. The summed E-state index contributed by atoms with van der Waals surface area (Å²) in [5, 5.41) is 0. The highest BCUT2D eigenvalue weighted by Gasteiger charge is 2.33. The topological polar surface area (TPSA) is 52.3 Å². The Labute approximate surface area is 144 Å². The van der Waals surface area contributed by atoms with E-state index in [1.165, 1.54) is 0 Å². The van der Waals surface area contributed by atoms with Crippen LogP contribution in [0, 0.1) is 0 Å². The lowest BCUT2D eigenvalue weighted by Gasteiger charge is -2.16. The molecular formula is C16H12BF6NO2. The minimum Gasteiger partial charge on any atom is -0.525 e. The van der Waals surface area contributed by atoms with Crippen molar-refractivity contribution in [3.63, 3.8) is 0 Å². The van der Waals surface area contributed by atoms with Gasteiger partial charge in [0.05, 0.1) is 17.7 Å². The summed E-state index contributed by atoms with van der Waals surface area (Å²) in [6, 6.07) is 7.55. The normalized spacial score (nSPS) is 12.0. The molecule has 0 atom stereocenters. The smallest absolute Gasteiger partial charge is 0.429 e. The van der Waals surface area contributed by atoms with E-state index in [9.17, 15) is 31.1 Å². The molecule has 0 spiro atoms. The molecule has 138 valence electrons. The Morgan fingerprint density at radius 3 is 1.42 bits per heavy atom. The maximum atomic E-state index is 12.7. The summed E-state index contributed by atoms with van der Waals surface area (Å²) in [5.74, 6) is -0.852. The van der Waals surface area contributed by atoms with Crippen molar-refractivity contribution in [2.24, 2.45) is 5.73 Å². The molecule has 10 heteroatoms. The largest absolute Gasteiger partial charge is 0.525 e. The van der Waals surface area contributed by atoms with E-state index in [1.54, 1.807) is 0 Å². The molecule has 2 rings (SSSR count). The molecule has 3 nitrogen and oxygen atoms in total. The standard InChI is InChI=1S/C16H12BF6NO2/c18-15(19,20)10-1-5-12(6-2-10)17(26-14(25)9-24)13-7-3-11(4-8-13)16(21,22)23/h1-8H,9,24H2. The molecule has 0 unspecified atom stereocenters. The molecule has 0 amide bonds. The molecule has 0 fully saturated rings. The quantitative estimate of drug-likeness (QED) is 0.660. The van der Waals surface area contributed by atoms with Crippen LogP contribution in [0.4, 0.5) is 26.3 Å². The number of carbonyl (C=O) groups is 1. The van der Waals surface area contributed by atoms with Crippen LogP contribution in [-0.2, 0) is 21.8 Å². The summed E-state index contributed by atoms with van der Waals surface area (Å²) in [5.41, 5.74) is 3.69. The van der Waals surface area contributed by atoms with Crippen molar-refractivity contribution in [1.82, 2.24) is 0 Å². The zero-order valence-corrected chi connectivity index (χ0v) is 13.1. The molecule has 2 aromatic rings. The van der Waals surface area contributed by atoms with Crippen molar-refractivity contribution >= 4 is 23.8 Å². The monoisotopic (exact) mass is 375 g/mol. The molecule has 0 aliphatic heterocycles. The molecule has 0 aliphatic rings. The number of alkyl halides is 6. The first-order chi connectivity index (χ1) is 12.0. The Morgan fingerprint density at radius 2 is 1.15 bits per heavy atom. The molecule has 0 heterocycles. The van der Waals surface area contributed by atoms with E-state index >= 15 is 0 Å². The summed E-state index contributed by atoms with van der Waals surface area (Å²) < 4.78 is 81.0. The van der Waals surface area contributed by atoms with Crippen molar-refractivity contribution in [2.75, 3.05) is 6.54 Å². The SMILES string of the molecule is NCC(=O)OB(c1ccc(C(F)(F)F)cc1)c1ccc(C(F)(F)F)cc1. The zero-order valence-electron chi connectivity index (χ0n) is 13.1. The molecule has 0 aliphatic carbocycles. The molecule has 0 saturated carbocycles. The van der Waals surface area contributed by atoms with E-state index in [4.69, 9.17) is 10.4 Å². The average molecular weight is 375 g/mol. The van der Waals surface area contributed by atoms with E-state index in [1.807, 2.05) is 0 Å². The van der Waals surface area contributed by atoms with E-state index in [2.05, 4.69) is 0 Å². The molecule has 2 aromatic carbocycles. The fourth-order valence-electron chi connectivity index (χ4n) is 2.20. The lowest BCUT2D eigenvalue weighted by molar-refractivity contribution is -0.138. The Morgan fingerprint density at radius 1 is 0.808 bits per heavy atom. The molecule has 0 aromatic heterocycles. The van der Waals surface area contributed by atoms with E-state index < -0.39 is 42.9 Å². The van der Waals surface area contributed by atoms with Gasteiger partial charge in [0.2, 0.25) is 0 Å². The summed E-state index contributed by atoms with van der Waals surface area (Å²) in [4.78, 5) is 11.5. The van der Waals surface area contributed by atoms with Gasteiger partial charge in [-0.05, 0) is 10.9 Å². The third-order valence-electron chi connectivity index (χ3n) is 3.50. The van der Waals surface area contributed by atoms with Gasteiger partial charge in [-0.3, -0.25) is 4.79 Å². The first kappa shape index (κ1) is 19.8. The molecule has 0 radical (unpaired) electrons. The van der Waals surface area contributed by atoms with Crippen LogP contribution < -0.4 is 16.7 Å². The number of hydrogen-bond donors (Lipinski definition) is 1. The lowest BCUT2D eigenvalue weighted by atomic mass is 9.55. The Kier molecular flexibility index (Phi) is 5.65. The van der Waals surface area contributed by atoms with Gasteiger partial charge >= 0.3 is 25.2 Å². The Balaban J connectivity index is 2.39. The van der Waals surface area contributed by atoms with Gasteiger partial charge < -0.3 is 10.4 Å². The first-order valence-electron chi connectivity index (χ1n) is 7.26. The number of nitrogens with two attached hydrogens (primary N) is 1. The van der Waals surface area contributed by atoms with Crippen LogP contribution in [0.2, 0.25) is 0 Å². The van der Waals surface area contributed by atoms with Crippen molar-refractivity contribution in [3.05, 3.63) is 59.7 Å². The highest BCUT2D eigenvalue weighted by Crippen LogP contribution is 2.29. The Bertz CT molecular complexity index is 699. The lowest BCUT2D eigenvalue weighted by Crippen LogP contribution is -2.47. The van der Waals surface area contributed by atoms with Gasteiger partial charge in [0.1, 0.15) is 0 Å². The number of carbonyl (C=O) groups excluding carboxylic acids is 1. The van der Waals surface area contributed by atoms with Gasteiger partial charge in [-0.25, -0.2) is 0 Å². The minimum atomic E-state index is -4.55. The second kappa shape index (κ2) is 7.41. The van der Waals surface area contributed by atoms with Gasteiger partial charge in [-0.15, -0.1) is 0 Å².